The van der Waals surface area contributed by atoms with Gasteiger partial charge in [0.05, 0.1) is 0 Å². The van der Waals surface area contributed by atoms with E-state index < -0.39 is 22.0 Å². The highest BCUT2D eigenvalue weighted by atomic mass is 32.2. The maximum atomic E-state index is 11.7. The van der Waals surface area contributed by atoms with E-state index in [2.05, 4.69) is 0 Å². The summed E-state index contributed by atoms with van der Waals surface area (Å²) in [5, 5.41) is 0. The summed E-state index contributed by atoms with van der Waals surface area (Å²) in [5.74, 6) is 0. The number of halogens is 2. The van der Waals surface area contributed by atoms with E-state index in [9.17, 15) is 17.2 Å². The van der Waals surface area contributed by atoms with Gasteiger partial charge >= 0.3 is 0 Å². The quantitative estimate of drug-likeness (QED) is 0.558. The number of alkyl halides is 2. The summed E-state index contributed by atoms with van der Waals surface area (Å²) in [6.07, 6.45) is 0.650. The summed E-state index contributed by atoms with van der Waals surface area (Å²) in [6.45, 7) is -1.46. The Labute approximate surface area is 46.4 Å². The number of hydrogen-bond acceptors (Lipinski definition) is 2. The highest BCUT2D eigenvalue weighted by molar-refractivity contribution is 7.91. The van der Waals surface area contributed by atoms with E-state index in [0.717, 1.165) is 0 Å². The molecule has 0 saturated carbocycles. The van der Waals surface area contributed by atoms with Gasteiger partial charge in [-0.05, 0) is 0 Å². The van der Waals surface area contributed by atoms with E-state index in [4.69, 9.17) is 0 Å². The molecule has 5 heteroatoms. The lowest BCUT2D eigenvalue weighted by atomic mass is 10.9. The molecule has 0 aliphatic rings. The summed E-state index contributed by atoms with van der Waals surface area (Å²) in [5.41, 5.74) is -2.34. The van der Waals surface area contributed by atoms with Crippen molar-refractivity contribution in [1.29, 1.82) is 0 Å². The predicted octanol–water partition coefficient (Wildman–Crippen LogP) is 0.296. The lowest BCUT2D eigenvalue weighted by molar-refractivity contribution is 0.332. The number of sulfone groups is 1. The van der Waals surface area contributed by atoms with Gasteiger partial charge in [-0.25, -0.2) is 17.2 Å². The molecule has 0 fully saturated rings. The van der Waals surface area contributed by atoms with E-state index in [0.29, 0.717) is 6.26 Å². The Morgan fingerprint density at radius 2 is 2.00 bits per heavy atom. The minimum absolute atomic E-state index is 0.650. The molecule has 0 aromatic rings. The molecule has 0 amide bonds. The van der Waals surface area contributed by atoms with Gasteiger partial charge in [0.2, 0.25) is 5.50 Å². The van der Waals surface area contributed by atoms with Crippen molar-refractivity contribution in [3.63, 3.8) is 0 Å². The molecule has 0 aromatic carbocycles. The van der Waals surface area contributed by atoms with E-state index in [1.807, 2.05) is 0 Å². The van der Waals surface area contributed by atoms with Crippen molar-refractivity contribution >= 4 is 9.84 Å². The van der Waals surface area contributed by atoms with Gasteiger partial charge in [-0.2, -0.15) is 0 Å². The first-order chi connectivity index (χ1) is 3.48. The van der Waals surface area contributed by atoms with Crippen molar-refractivity contribution < 1.29 is 17.2 Å². The first-order valence-corrected chi connectivity index (χ1v) is 3.83. The van der Waals surface area contributed by atoms with Gasteiger partial charge < -0.3 is 0 Å². The maximum Gasteiger partial charge on any atom is 0.228 e. The molecule has 0 radical (unpaired) electrons. The Morgan fingerprint density at radius 1 is 1.62 bits per heavy atom. The third kappa shape index (κ3) is 2.20. The van der Waals surface area contributed by atoms with Gasteiger partial charge in [0.15, 0.2) is 9.84 Å². The highest BCUT2D eigenvalue weighted by Gasteiger charge is 2.17. The molecule has 0 saturated heterocycles. The highest BCUT2D eigenvalue weighted by Crippen LogP contribution is 1.99. The summed E-state index contributed by atoms with van der Waals surface area (Å²) in [6, 6.07) is 0. The molecule has 0 heterocycles. The largest absolute Gasteiger partial charge is 0.247 e. The average Bonchev–Trinajstić information content (AvgIpc) is 1.62. The molecule has 0 bridgehead atoms. The van der Waals surface area contributed by atoms with Gasteiger partial charge in [-0.15, -0.1) is 0 Å². The van der Waals surface area contributed by atoms with Gasteiger partial charge in [0.1, 0.15) is 6.67 Å². The third-order valence-corrected chi connectivity index (χ3v) is 1.64. The van der Waals surface area contributed by atoms with Crippen LogP contribution in [-0.2, 0) is 9.84 Å². The zero-order chi connectivity index (χ0) is 6.78. The second kappa shape index (κ2) is 2.39. The van der Waals surface area contributed by atoms with Crippen LogP contribution in [0.1, 0.15) is 0 Å². The summed E-state index contributed by atoms with van der Waals surface area (Å²) >= 11 is 0. The first kappa shape index (κ1) is 7.81. The molecule has 2 nitrogen and oxygen atoms in total. The fourth-order valence-electron chi connectivity index (χ4n) is 0.114. The van der Waals surface area contributed by atoms with Crippen LogP contribution in [0.4, 0.5) is 8.78 Å². The molecule has 0 aromatic heterocycles. The molecular weight excluding hydrogens is 138 g/mol. The van der Waals surface area contributed by atoms with Crippen LogP contribution in [0.15, 0.2) is 0 Å². The van der Waals surface area contributed by atoms with E-state index in [1.165, 1.54) is 0 Å². The third-order valence-electron chi connectivity index (χ3n) is 0.586. The Balaban J connectivity index is 4.04. The molecule has 50 valence electrons. The molecular formula is C3H6F2O2S. The fraction of sp³-hybridized carbons (Fsp3) is 1.00. The molecule has 0 N–H and O–H groups in total. The normalized spacial score (nSPS) is 15.9. The van der Waals surface area contributed by atoms with Gasteiger partial charge in [-0.1, -0.05) is 0 Å². The smallest absolute Gasteiger partial charge is 0.228 e. The molecule has 0 rings (SSSR count). The second-order valence-corrected chi connectivity index (χ2v) is 3.56. The summed E-state index contributed by atoms with van der Waals surface area (Å²) < 4.78 is 42.7. The van der Waals surface area contributed by atoms with Crippen molar-refractivity contribution in [1.82, 2.24) is 0 Å². The summed E-state index contributed by atoms with van der Waals surface area (Å²) in [4.78, 5) is 0. The van der Waals surface area contributed by atoms with Gasteiger partial charge in [0.25, 0.3) is 0 Å². The molecule has 1 unspecified atom stereocenters. The summed E-state index contributed by atoms with van der Waals surface area (Å²) in [7, 11) is -3.79. The molecule has 0 aliphatic carbocycles. The molecule has 8 heavy (non-hydrogen) atoms. The molecule has 0 spiro atoms. The van der Waals surface area contributed by atoms with Crippen molar-refractivity contribution in [2.45, 2.75) is 5.50 Å². The molecule has 0 aliphatic heterocycles. The lowest BCUT2D eigenvalue weighted by Crippen LogP contribution is -2.15. The van der Waals surface area contributed by atoms with Crippen LogP contribution in [0.3, 0.4) is 0 Å². The standard InChI is InChI=1S/C3H6F2O2S/c1-8(6,7)3(5)2-4/h3H,2H2,1H3. The monoisotopic (exact) mass is 144 g/mol. The zero-order valence-electron chi connectivity index (χ0n) is 4.27. The van der Waals surface area contributed by atoms with Crippen LogP contribution in [0.5, 0.6) is 0 Å². The minimum Gasteiger partial charge on any atom is -0.247 e. The van der Waals surface area contributed by atoms with E-state index in [1.54, 1.807) is 0 Å². The predicted molar refractivity (Wildman–Crippen MR) is 25.7 cm³/mol. The SMILES string of the molecule is CS(=O)(=O)C(F)CF. The Morgan fingerprint density at radius 3 is 2.00 bits per heavy atom. The number of hydrogen-bond donors (Lipinski definition) is 0. The Hall–Kier alpha value is -0.190. The maximum absolute atomic E-state index is 11.7. The molecule has 1 atom stereocenters. The van der Waals surface area contributed by atoms with Crippen molar-refractivity contribution in [3.05, 3.63) is 0 Å². The van der Waals surface area contributed by atoms with Gasteiger partial charge in [0, 0.05) is 6.26 Å². The van der Waals surface area contributed by atoms with Crippen molar-refractivity contribution in [3.8, 4) is 0 Å². The Kier molecular flexibility index (Phi) is 2.33. The van der Waals surface area contributed by atoms with Crippen LogP contribution in [0.25, 0.3) is 0 Å². The zero-order valence-corrected chi connectivity index (χ0v) is 5.08. The lowest BCUT2D eigenvalue weighted by Gasteiger charge is -1.96. The van der Waals surface area contributed by atoms with Crippen LogP contribution in [-0.4, -0.2) is 26.9 Å². The fourth-order valence-corrected chi connectivity index (χ4v) is 0.343. The minimum atomic E-state index is -3.79. The first-order valence-electron chi connectivity index (χ1n) is 1.87. The van der Waals surface area contributed by atoms with Crippen LogP contribution in [0.2, 0.25) is 0 Å². The number of rotatable bonds is 2. The van der Waals surface area contributed by atoms with Crippen LogP contribution in [0, 0.1) is 0 Å². The van der Waals surface area contributed by atoms with E-state index >= 15 is 0 Å². The van der Waals surface area contributed by atoms with Crippen LogP contribution >= 0.6 is 0 Å². The van der Waals surface area contributed by atoms with Crippen molar-refractivity contribution in [2.75, 3.05) is 12.9 Å². The van der Waals surface area contributed by atoms with E-state index in [-0.39, 0.29) is 0 Å². The Bertz CT molecular complexity index is 151. The second-order valence-electron chi connectivity index (χ2n) is 1.39. The topological polar surface area (TPSA) is 34.1 Å². The average molecular weight is 144 g/mol. The van der Waals surface area contributed by atoms with Crippen molar-refractivity contribution in [2.24, 2.45) is 0 Å². The van der Waals surface area contributed by atoms with Gasteiger partial charge in [-0.3, -0.25) is 0 Å². The van der Waals surface area contributed by atoms with Crippen LogP contribution < -0.4 is 0 Å².